The predicted molar refractivity (Wildman–Crippen MR) is 412 cm³/mol. The number of nitrogen functional groups attached to an aromatic ring is 3. The van der Waals surface area contributed by atoms with Gasteiger partial charge in [-0.1, -0.05) is 177 Å². The van der Waals surface area contributed by atoms with E-state index in [0.717, 1.165) is 78.1 Å². The average molecular weight is 1540 g/mol. The maximum atomic E-state index is 12.1. The van der Waals surface area contributed by atoms with Crippen molar-refractivity contribution in [1.29, 1.82) is 0 Å². The molecule has 2 radical (unpaired) electrons. The van der Waals surface area contributed by atoms with Crippen molar-refractivity contribution in [2.75, 3.05) is 38.5 Å². The van der Waals surface area contributed by atoms with Crippen molar-refractivity contribution >= 4 is 113 Å². The number of nitrogens with two attached hydrogens (primary N) is 3. The van der Waals surface area contributed by atoms with Crippen LogP contribution in [0.4, 0.5) is 56.9 Å². The summed E-state index contributed by atoms with van der Waals surface area (Å²) in [6.07, 6.45) is 0. The summed E-state index contributed by atoms with van der Waals surface area (Å²) in [5, 5.41) is 49.2. The van der Waals surface area contributed by atoms with E-state index in [2.05, 4.69) is 190 Å². The first-order chi connectivity index (χ1) is 46.1. The van der Waals surface area contributed by atoms with Gasteiger partial charge >= 0.3 is 23.9 Å². The molecule has 98 heavy (non-hydrogen) atoms. The van der Waals surface area contributed by atoms with Crippen molar-refractivity contribution in [3.63, 3.8) is 0 Å². The van der Waals surface area contributed by atoms with Crippen molar-refractivity contribution in [1.82, 2.24) is 0 Å². The molecule has 0 spiro atoms. The zero-order chi connectivity index (χ0) is 69.6. The summed E-state index contributed by atoms with van der Waals surface area (Å²) in [5.41, 5.74) is 43.8. The molecule has 0 bridgehead atoms. The molecule has 0 fully saturated rings. The van der Waals surface area contributed by atoms with Gasteiger partial charge in [0.1, 0.15) is 20.3 Å². The van der Waals surface area contributed by atoms with Gasteiger partial charge < -0.3 is 38.5 Å². The van der Waals surface area contributed by atoms with Gasteiger partial charge in [0.25, 0.3) is 17.1 Å². The van der Waals surface area contributed by atoms with Crippen LogP contribution in [0, 0.1) is 99.6 Å². The van der Waals surface area contributed by atoms with Crippen LogP contribution < -0.4 is 38.5 Å². The zero-order valence-electron chi connectivity index (χ0n) is 56.1. The molecule has 0 unspecified atom stereocenters. The number of nitro groups is 3. The molecule has 19 heteroatoms. The van der Waals surface area contributed by atoms with Gasteiger partial charge in [-0.15, -0.1) is 0 Å². The fourth-order valence-electron chi connectivity index (χ4n) is 13.0. The van der Waals surface area contributed by atoms with Crippen LogP contribution in [0.25, 0.3) is 33.4 Å². The van der Waals surface area contributed by atoms with Gasteiger partial charge in [-0.2, -0.15) is 0 Å². The number of alkyl halides is 2. The van der Waals surface area contributed by atoms with Gasteiger partial charge in [0.05, 0.1) is 37.5 Å². The van der Waals surface area contributed by atoms with Gasteiger partial charge in [0.2, 0.25) is 0 Å². The van der Waals surface area contributed by atoms with Crippen molar-refractivity contribution < 1.29 is 14.8 Å². The topological polar surface area (TPSA) is 256 Å². The third-order valence-corrected chi connectivity index (χ3v) is 20.5. The summed E-state index contributed by atoms with van der Waals surface area (Å²) in [6.45, 7) is 19.5. The summed E-state index contributed by atoms with van der Waals surface area (Å²) in [4.78, 5) is 33.3. The van der Waals surface area contributed by atoms with Crippen LogP contribution in [-0.2, 0) is 14.6 Å². The number of rotatable bonds is 11. The molecule has 10 N–H and O–H groups in total. The molecule has 11 aromatic carbocycles. The van der Waals surface area contributed by atoms with E-state index >= 15 is 0 Å². The van der Waals surface area contributed by atoms with Crippen molar-refractivity contribution in [3.05, 3.63) is 326 Å². The Kier molecular flexibility index (Phi) is 20.4. The molecule has 14 rings (SSSR count). The van der Waals surface area contributed by atoms with Crippen LogP contribution in [0.2, 0.25) is 0 Å². The van der Waals surface area contributed by atoms with Gasteiger partial charge in [-0.3, -0.25) is 30.3 Å². The Morgan fingerprint density at radius 2 is 0.500 bits per heavy atom. The number of hydrogen-bond acceptors (Lipinski definition) is 13. The second-order valence-corrected chi connectivity index (χ2v) is 28.5. The molecule has 16 nitrogen and oxygen atoms in total. The molecular formula is C79H76Br2N10O6Sn. The number of anilines is 7. The minimum absolute atomic E-state index is 0. The molecular weight excluding hydrogens is 1460 g/mol. The standard InChI is InChI=1S/C29H26N4O4.C29H30N4.C13H8Br2.C8H10N2O2.Sn.2H/c1-17-13-25(27(32(34)35)15-19(17)3)30-29(31-26-14-18(2)20(4)16-28(26)33(36)37)23-11-7-5-9-21(23)22-10-6-8-12-24(22)29;1-17-13-25(30)27(15-19(17)3)32-29(33-28-16-20(4)18(2)14-26(28)31)23-11-7-5-9-21(23)22-10-6-8-12-24(22)29;14-13(15)11-7-3-1-5-9(11)10-6-2-4-8-12(10)13;1-5-3-7(9)8(10(11)12)4-6(5)2;;;/h5-16,30-31H,1-4H3;5-16,32-33H,30-31H2,1-4H3;1-8H;3-4H,9H2,1-2H3;;;. The van der Waals surface area contributed by atoms with Crippen molar-refractivity contribution in [2.45, 2.75) is 83.8 Å². The molecule has 3 aliphatic rings. The molecule has 0 aromatic heterocycles. The average Bonchev–Trinajstić information content (AvgIpc) is 1.56. The van der Waals surface area contributed by atoms with Crippen LogP contribution in [0.3, 0.4) is 0 Å². The van der Waals surface area contributed by atoms with Crippen molar-refractivity contribution in [3.8, 4) is 33.4 Å². The molecule has 496 valence electrons. The zero-order valence-corrected chi connectivity index (χ0v) is 63.3. The fraction of sp³-hybridized carbons (Fsp3) is 0.165. The van der Waals surface area contributed by atoms with E-state index < -0.39 is 26.1 Å². The van der Waals surface area contributed by atoms with Gasteiger partial charge in [-0.05, 0) is 212 Å². The molecule has 0 aliphatic heterocycles. The minimum atomic E-state index is -1.22. The fourth-order valence-corrected chi connectivity index (χ4v) is 14.4. The van der Waals surface area contributed by atoms with Crippen LogP contribution in [0.5, 0.6) is 0 Å². The molecule has 0 saturated heterocycles. The van der Waals surface area contributed by atoms with Gasteiger partial charge in [0.15, 0.2) is 11.3 Å². The summed E-state index contributed by atoms with van der Waals surface area (Å²) in [7, 11) is 0. The number of benzene rings is 11. The molecule has 0 heterocycles. The van der Waals surface area contributed by atoms with Crippen LogP contribution in [-0.4, -0.2) is 38.7 Å². The molecule has 0 saturated carbocycles. The monoisotopic (exact) mass is 1540 g/mol. The molecule has 3 aliphatic carbocycles. The van der Waals surface area contributed by atoms with E-state index in [0.29, 0.717) is 22.7 Å². The quantitative estimate of drug-likeness (QED) is 0.0159. The SMILES string of the molecule is BrC1(Br)c2ccccc2-c2ccccc21.Cc1cc(N)c(NC2(Nc3cc(C)c(C)cc3N)c3ccccc3-c3ccccc32)cc1C.Cc1cc(N)c([N+](=O)[O-])cc1C.Cc1cc(NC2(Nc3cc(C)c(C)cc3[N+](=O)[O-])c3ccccc3-c3ccccc32)c([N+](=O)[O-])cc1C.[SnH2]. The molecule has 0 amide bonds. The number of fused-ring (bicyclic) bond motifs is 9. The van der Waals surface area contributed by atoms with E-state index in [1.165, 1.54) is 61.7 Å². The van der Waals surface area contributed by atoms with Crippen molar-refractivity contribution in [2.24, 2.45) is 0 Å². The van der Waals surface area contributed by atoms with E-state index in [4.69, 9.17) is 17.2 Å². The first kappa shape index (κ1) is 70.8. The first-order valence-electron chi connectivity index (χ1n) is 31.5. The number of halogens is 2. The van der Waals surface area contributed by atoms with Gasteiger partial charge in [0, 0.05) is 40.5 Å². The summed E-state index contributed by atoms with van der Waals surface area (Å²) < 4.78 is -0.215. The van der Waals surface area contributed by atoms with E-state index in [1.807, 2.05) is 102 Å². The second kappa shape index (κ2) is 28.2. The third kappa shape index (κ3) is 13.3. The Labute approximate surface area is 604 Å². The number of nitrogens with one attached hydrogen (secondary N) is 4. The Bertz CT molecular complexity index is 4730. The van der Waals surface area contributed by atoms with Crippen LogP contribution >= 0.6 is 31.9 Å². The Morgan fingerprint density at radius 1 is 0.296 bits per heavy atom. The van der Waals surface area contributed by atoms with E-state index in [1.54, 1.807) is 30.3 Å². The summed E-state index contributed by atoms with van der Waals surface area (Å²) >= 11 is 7.51. The number of nitro benzene ring substituents is 3. The Balaban J connectivity index is 0.000000154. The number of hydrogen-bond donors (Lipinski definition) is 7. The van der Waals surface area contributed by atoms with Crippen LogP contribution in [0.1, 0.15) is 89.0 Å². The van der Waals surface area contributed by atoms with Crippen LogP contribution in [0.15, 0.2) is 206 Å². The maximum absolute atomic E-state index is 12.1. The second-order valence-electron chi connectivity index (χ2n) is 25.1. The van der Waals surface area contributed by atoms with E-state index in [-0.39, 0.29) is 49.9 Å². The molecule has 0 atom stereocenters. The summed E-state index contributed by atoms with van der Waals surface area (Å²) in [5.74, 6) is 0. The molecule has 11 aromatic rings. The number of aryl methyl sites for hydroxylation is 10. The Morgan fingerprint density at radius 3 is 0.786 bits per heavy atom. The first-order valence-corrected chi connectivity index (χ1v) is 33.1. The third-order valence-electron chi connectivity index (χ3n) is 18.8. The summed E-state index contributed by atoms with van der Waals surface area (Å²) in [6, 6.07) is 67.5. The van der Waals surface area contributed by atoms with Gasteiger partial charge in [-0.25, -0.2) is 0 Å². The number of nitrogens with zero attached hydrogens (tertiary/aromatic N) is 3. The normalized spacial score (nSPS) is 13.0. The van der Waals surface area contributed by atoms with E-state index in [9.17, 15) is 30.3 Å². The Hall–Kier alpha value is -10.0. The predicted octanol–water partition coefficient (Wildman–Crippen LogP) is 19.2.